The van der Waals surface area contributed by atoms with Crippen LogP contribution in [0.25, 0.3) is 22.2 Å². The van der Waals surface area contributed by atoms with Crippen LogP contribution in [-0.2, 0) is 4.74 Å². The van der Waals surface area contributed by atoms with Gasteiger partial charge in [0, 0.05) is 36.3 Å². The van der Waals surface area contributed by atoms with Gasteiger partial charge in [-0.2, -0.15) is 0 Å². The van der Waals surface area contributed by atoms with E-state index in [0.717, 1.165) is 71.8 Å². The molecule has 0 bridgehead atoms. The number of nitrogens with two attached hydrogens (primary N) is 1. The molecule has 29 heavy (non-hydrogen) atoms. The van der Waals surface area contributed by atoms with Crippen LogP contribution in [-0.4, -0.2) is 48.9 Å². The zero-order valence-electron chi connectivity index (χ0n) is 16.3. The third kappa shape index (κ3) is 3.44. The molecule has 3 N–H and O–H groups in total. The van der Waals surface area contributed by atoms with Gasteiger partial charge in [-0.15, -0.1) is 0 Å². The number of pyridine rings is 1. The number of nitrogens with one attached hydrogen (secondary N) is 1. The van der Waals surface area contributed by atoms with Crippen molar-refractivity contribution in [3.63, 3.8) is 0 Å². The van der Waals surface area contributed by atoms with Gasteiger partial charge in [-0.3, -0.25) is 0 Å². The van der Waals surface area contributed by atoms with Gasteiger partial charge in [-0.05, 0) is 36.7 Å². The van der Waals surface area contributed by atoms with Crippen molar-refractivity contribution in [2.75, 3.05) is 37.8 Å². The summed E-state index contributed by atoms with van der Waals surface area (Å²) in [5.74, 6) is 7.36. The first-order valence-corrected chi connectivity index (χ1v) is 10.1. The van der Waals surface area contributed by atoms with Crippen molar-refractivity contribution in [3.8, 4) is 28.7 Å². The lowest BCUT2D eigenvalue weighted by molar-refractivity contribution is 0.0705. The highest BCUT2D eigenvalue weighted by atomic mass is 16.5. The van der Waals surface area contributed by atoms with Gasteiger partial charge < -0.3 is 25.1 Å². The summed E-state index contributed by atoms with van der Waals surface area (Å²) >= 11 is 0. The summed E-state index contributed by atoms with van der Waals surface area (Å²) in [6.07, 6.45) is 5.54. The highest BCUT2D eigenvalue weighted by molar-refractivity contribution is 5.87. The molecule has 0 spiro atoms. The molecule has 6 heteroatoms. The average Bonchev–Trinajstić information content (AvgIpc) is 3.18. The van der Waals surface area contributed by atoms with Gasteiger partial charge in [-0.1, -0.05) is 17.9 Å². The Balaban J connectivity index is 1.47. The molecule has 1 saturated heterocycles. The Kier molecular flexibility index (Phi) is 4.84. The molecule has 2 aliphatic heterocycles. The van der Waals surface area contributed by atoms with Crippen LogP contribution in [0.15, 0.2) is 36.7 Å². The number of rotatable bonds is 3. The fraction of sp³-hybridized carbons (Fsp3) is 0.348. The van der Waals surface area contributed by atoms with Gasteiger partial charge in [-0.25, -0.2) is 4.98 Å². The van der Waals surface area contributed by atoms with Gasteiger partial charge >= 0.3 is 0 Å². The molecule has 0 radical (unpaired) electrons. The van der Waals surface area contributed by atoms with Crippen LogP contribution in [0.1, 0.15) is 18.4 Å². The number of aromatic nitrogens is 2. The Bertz CT molecular complexity index is 1100. The third-order valence-corrected chi connectivity index (χ3v) is 5.52. The van der Waals surface area contributed by atoms with Crippen molar-refractivity contribution in [2.45, 2.75) is 18.9 Å². The Hall–Kier alpha value is -3.01. The number of nitrogens with zero attached hydrogens (tertiary/aromatic N) is 2. The van der Waals surface area contributed by atoms with Gasteiger partial charge in [0.1, 0.15) is 18.0 Å². The Morgan fingerprint density at radius 3 is 3.14 bits per heavy atom. The monoisotopic (exact) mass is 388 g/mol. The lowest BCUT2D eigenvalue weighted by Crippen LogP contribution is -2.51. The van der Waals surface area contributed by atoms with Crippen molar-refractivity contribution >= 4 is 16.7 Å². The van der Waals surface area contributed by atoms with E-state index in [1.54, 1.807) is 0 Å². The second-order valence-electron chi connectivity index (χ2n) is 7.43. The zero-order valence-corrected chi connectivity index (χ0v) is 16.3. The molecule has 1 fully saturated rings. The Morgan fingerprint density at radius 2 is 2.21 bits per heavy atom. The average molecular weight is 388 g/mol. The molecule has 1 aromatic carbocycles. The van der Waals surface area contributed by atoms with Crippen LogP contribution in [0, 0.1) is 11.8 Å². The number of aromatic amines is 1. The van der Waals surface area contributed by atoms with Gasteiger partial charge in [0.15, 0.2) is 0 Å². The normalized spacial score (nSPS) is 17.8. The number of morpholine rings is 1. The summed E-state index contributed by atoms with van der Waals surface area (Å²) in [5.41, 5.74) is 10.7. The van der Waals surface area contributed by atoms with E-state index in [1.807, 2.05) is 12.4 Å². The Labute approximate surface area is 170 Å². The van der Waals surface area contributed by atoms with E-state index in [2.05, 4.69) is 51.0 Å². The van der Waals surface area contributed by atoms with Crippen molar-refractivity contribution < 1.29 is 9.47 Å². The molecule has 4 heterocycles. The third-order valence-electron chi connectivity index (χ3n) is 5.52. The first kappa shape index (κ1) is 18.0. The number of hydrogen-bond acceptors (Lipinski definition) is 5. The maximum absolute atomic E-state index is 6.05. The summed E-state index contributed by atoms with van der Waals surface area (Å²) < 4.78 is 11.6. The van der Waals surface area contributed by atoms with Gasteiger partial charge in [0.05, 0.1) is 30.5 Å². The van der Waals surface area contributed by atoms with E-state index in [1.165, 1.54) is 0 Å². The first-order chi connectivity index (χ1) is 14.3. The smallest absolute Gasteiger partial charge is 0.143 e. The summed E-state index contributed by atoms with van der Waals surface area (Å²) in [7, 11) is 0. The summed E-state index contributed by atoms with van der Waals surface area (Å²) in [6.45, 7) is 3.72. The molecule has 0 amide bonds. The van der Waals surface area contributed by atoms with Crippen LogP contribution in [0.4, 0.5) is 5.69 Å². The molecular weight excluding hydrogens is 364 g/mol. The molecule has 0 saturated carbocycles. The molecule has 2 aliphatic rings. The number of benzene rings is 1. The molecule has 6 nitrogen and oxygen atoms in total. The predicted octanol–water partition coefficient (Wildman–Crippen LogP) is 2.92. The number of anilines is 1. The van der Waals surface area contributed by atoms with Crippen molar-refractivity contribution in [1.82, 2.24) is 9.97 Å². The molecule has 1 atom stereocenters. The van der Waals surface area contributed by atoms with Gasteiger partial charge in [0.2, 0.25) is 0 Å². The van der Waals surface area contributed by atoms with Gasteiger partial charge in [0.25, 0.3) is 0 Å². The first-order valence-electron chi connectivity index (χ1n) is 10.1. The predicted molar refractivity (Wildman–Crippen MR) is 114 cm³/mol. The quantitative estimate of drug-likeness (QED) is 0.533. The highest BCUT2D eigenvalue weighted by Gasteiger charge is 2.30. The van der Waals surface area contributed by atoms with E-state index >= 15 is 0 Å². The fourth-order valence-electron chi connectivity index (χ4n) is 3.96. The second-order valence-corrected chi connectivity index (χ2v) is 7.43. The van der Waals surface area contributed by atoms with Crippen molar-refractivity contribution in [1.29, 1.82) is 0 Å². The number of hydrogen-bond donors (Lipinski definition) is 2. The van der Waals surface area contributed by atoms with E-state index < -0.39 is 0 Å². The molecule has 1 unspecified atom stereocenters. The second kappa shape index (κ2) is 7.78. The maximum atomic E-state index is 6.05. The van der Waals surface area contributed by atoms with E-state index in [4.69, 9.17) is 15.2 Å². The standard InChI is InChI=1S/C23H24N4O2/c24-7-3-1-2-4-17-12-25-23-20(17)10-18(13-26-23)16-5-6-21-22(11-16)29-15-19-14-28-9-8-27(19)21/h5-6,10-13,19H,1,3,7-9,14-15,24H2,(H,25,26). The molecule has 0 aliphatic carbocycles. The van der Waals surface area contributed by atoms with E-state index in [9.17, 15) is 0 Å². The van der Waals surface area contributed by atoms with Crippen LogP contribution >= 0.6 is 0 Å². The Morgan fingerprint density at radius 1 is 1.24 bits per heavy atom. The van der Waals surface area contributed by atoms with E-state index in [0.29, 0.717) is 19.2 Å². The van der Waals surface area contributed by atoms with Crippen LogP contribution in [0.2, 0.25) is 0 Å². The number of H-pyrrole nitrogens is 1. The molecule has 148 valence electrons. The van der Waals surface area contributed by atoms with Crippen LogP contribution in [0.5, 0.6) is 5.75 Å². The summed E-state index contributed by atoms with van der Waals surface area (Å²) in [6, 6.07) is 8.86. The zero-order chi connectivity index (χ0) is 19.6. The number of fused-ring (bicyclic) bond motifs is 4. The lowest BCUT2D eigenvalue weighted by Gasteiger charge is -2.41. The summed E-state index contributed by atoms with van der Waals surface area (Å²) in [5, 5.41) is 1.04. The minimum Gasteiger partial charge on any atom is -0.489 e. The number of ether oxygens (including phenoxy) is 2. The highest BCUT2D eigenvalue weighted by Crippen LogP contribution is 2.38. The molecule has 5 rings (SSSR count). The molecule has 3 aromatic rings. The SMILES string of the molecule is NCCCC#Cc1c[nH]c2ncc(-c3ccc4c(c3)OCC3COCCN43)cc12. The van der Waals surface area contributed by atoms with Crippen LogP contribution in [0.3, 0.4) is 0 Å². The van der Waals surface area contributed by atoms with Crippen molar-refractivity contribution in [3.05, 3.63) is 42.2 Å². The lowest BCUT2D eigenvalue weighted by atomic mass is 10.0. The largest absolute Gasteiger partial charge is 0.489 e. The van der Waals surface area contributed by atoms with Crippen molar-refractivity contribution in [2.24, 2.45) is 5.73 Å². The van der Waals surface area contributed by atoms with E-state index in [-0.39, 0.29) is 0 Å². The minimum atomic E-state index is 0.306. The fourth-order valence-corrected chi connectivity index (χ4v) is 3.96. The number of unbranched alkanes of at least 4 members (excludes halogenated alkanes) is 1. The molecular formula is C23H24N4O2. The summed E-state index contributed by atoms with van der Waals surface area (Å²) in [4.78, 5) is 10.2. The minimum absolute atomic E-state index is 0.306. The maximum Gasteiger partial charge on any atom is 0.143 e. The molecule has 2 aromatic heterocycles. The topological polar surface area (TPSA) is 76.4 Å². The van der Waals surface area contributed by atoms with Crippen LogP contribution < -0.4 is 15.4 Å².